The van der Waals surface area contributed by atoms with E-state index in [9.17, 15) is 4.39 Å². The van der Waals surface area contributed by atoms with Crippen molar-refractivity contribution in [2.45, 2.75) is 12.8 Å². The van der Waals surface area contributed by atoms with E-state index < -0.39 is 0 Å². The Morgan fingerprint density at radius 1 is 1.04 bits per heavy atom. The van der Waals surface area contributed by atoms with Crippen LogP contribution in [0, 0.1) is 5.82 Å². The van der Waals surface area contributed by atoms with Crippen molar-refractivity contribution in [1.82, 2.24) is 10.6 Å². The Hall–Kier alpha value is -2.56. The molecule has 4 nitrogen and oxygen atoms in total. The smallest absolute Gasteiger partial charge is 0.190 e. The standard InChI is InChI=1S/C19H24FN3O/c1-21-19(23-13-11-16-7-3-4-9-18(16)20)22-12-10-15-6-5-8-17(14-15)24-2/h3-9,14H,10-13H2,1-2H3,(H2,21,22,23). The largest absolute Gasteiger partial charge is 0.497 e. The highest BCUT2D eigenvalue weighted by Crippen LogP contribution is 2.12. The summed E-state index contributed by atoms with van der Waals surface area (Å²) in [4.78, 5) is 4.18. The van der Waals surface area contributed by atoms with Crippen molar-refractivity contribution in [2.75, 3.05) is 27.2 Å². The van der Waals surface area contributed by atoms with E-state index >= 15 is 0 Å². The van der Waals surface area contributed by atoms with E-state index in [1.807, 2.05) is 24.3 Å². The number of hydrogen-bond acceptors (Lipinski definition) is 2. The second kappa shape index (κ2) is 9.55. The number of ether oxygens (including phenoxy) is 1. The van der Waals surface area contributed by atoms with Crippen molar-refractivity contribution in [3.63, 3.8) is 0 Å². The molecule has 0 radical (unpaired) electrons. The van der Waals surface area contributed by atoms with Crippen molar-refractivity contribution in [3.05, 3.63) is 65.5 Å². The summed E-state index contributed by atoms with van der Waals surface area (Å²) in [7, 11) is 3.39. The van der Waals surface area contributed by atoms with E-state index in [0.29, 0.717) is 24.5 Å². The maximum atomic E-state index is 13.6. The van der Waals surface area contributed by atoms with Gasteiger partial charge in [0.05, 0.1) is 7.11 Å². The van der Waals surface area contributed by atoms with Gasteiger partial charge in [-0.2, -0.15) is 0 Å². The number of guanidine groups is 1. The van der Waals surface area contributed by atoms with E-state index in [1.165, 1.54) is 11.6 Å². The van der Waals surface area contributed by atoms with Crippen LogP contribution < -0.4 is 15.4 Å². The zero-order chi connectivity index (χ0) is 17.2. The molecule has 0 aromatic heterocycles. The summed E-state index contributed by atoms with van der Waals surface area (Å²) < 4.78 is 18.8. The van der Waals surface area contributed by atoms with Crippen molar-refractivity contribution in [1.29, 1.82) is 0 Å². The molecule has 0 aliphatic carbocycles. The molecule has 2 N–H and O–H groups in total. The molecule has 0 atom stereocenters. The van der Waals surface area contributed by atoms with E-state index in [4.69, 9.17) is 4.74 Å². The summed E-state index contributed by atoms with van der Waals surface area (Å²) in [5.41, 5.74) is 1.90. The van der Waals surface area contributed by atoms with Gasteiger partial charge in [-0.1, -0.05) is 30.3 Å². The van der Waals surface area contributed by atoms with Gasteiger partial charge in [0.2, 0.25) is 0 Å². The average Bonchev–Trinajstić information content (AvgIpc) is 2.62. The van der Waals surface area contributed by atoms with Gasteiger partial charge in [0, 0.05) is 20.1 Å². The summed E-state index contributed by atoms with van der Waals surface area (Å²) in [6, 6.07) is 14.8. The third-order valence-electron chi connectivity index (χ3n) is 3.71. The second-order valence-electron chi connectivity index (χ2n) is 5.37. The van der Waals surface area contributed by atoms with Gasteiger partial charge in [-0.3, -0.25) is 4.99 Å². The Labute approximate surface area is 142 Å². The lowest BCUT2D eigenvalue weighted by molar-refractivity contribution is 0.414. The minimum Gasteiger partial charge on any atom is -0.497 e. The number of aliphatic imine (C=N–C) groups is 1. The van der Waals surface area contributed by atoms with E-state index in [0.717, 1.165) is 18.7 Å². The number of nitrogens with zero attached hydrogens (tertiary/aromatic N) is 1. The number of hydrogen-bond donors (Lipinski definition) is 2. The van der Waals surface area contributed by atoms with Crippen molar-refractivity contribution in [3.8, 4) is 5.75 Å². The summed E-state index contributed by atoms with van der Waals surface area (Å²) in [6.45, 7) is 1.38. The molecule has 24 heavy (non-hydrogen) atoms. The number of rotatable bonds is 7. The van der Waals surface area contributed by atoms with Gasteiger partial charge < -0.3 is 15.4 Å². The van der Waals surface area contributed by atoms with Crippen molar-refractivity contribution >= 4 is 5.96 Å². The molecule has 0 unspecified atom stereocenters. The molecule has 5 heteroatoms. The first-order chi connectivity index (χ1) is 11.7. The van der Waals surface area contributed by atoms with Gasteiger partial charge in [-0.25, -0.2) is 4.39 Å². The zero-order valence-corrected chi connectivity index (χ0v) is 14.2. The fourth-order valence-electron chi connectivity index (χ4n) is 2.39. The topological polar surface area (TPSA) is 45.7 Å². The fourth-order valence-corrected chi connectivity index (χ4v) is 2.39. The van der Waals surface area contributed by atoms with Crippen LogP contribution in [-0.2, 0) is 12.8 Å². The van der Waals surface area contributed by atoms with Gasteiger partial charge in [0.25, 0.3) is 0 Å². The first-order valence-electron chi connectivity index (χ1n) is 8.04. The molecule has 0 spiro atoms. The summed E-state index contributed by atoms with van der Waals surface area (Å²) in [6.07, 6.45) is 1.48. The van der Waals surface area contributed by atoms with Gasteiger partial charge in [0.1, 0.15) is 11.6 Å². The van der Waals surface area contributed by atoms with Crippen molar-refractivity contribution in [2.24, 2.45) is 4.99 Å². The van der Waals surface area contributed by atoms with Crippen LogP contribution in [0.1, 0.15) is 11.1 Å². The van der Waals surface area contributed by atoms with Crippen LogP contribution in [-0.4, -0.2) is 33.2 Å². The quantitative estimate of drug-likeness (QED) is 0.606. The van der Waals surface area contributed by atoms with Gasteiger partial charge in [-0.05, 0) is 42.2 Å². The summed E-state index contributed by atoms with van der Waals surface area (Å²) in [5, 5.41) is 6.46. The lowest BCUT2D eigenvalue weighted by atomic mass is 10.1. The monoisotopic (exact) mass is 329 g/mol. The maximum Gasteiger partial charge on any atom is 0.190 e. The number of halogens is 1. The minimum atomic E-state index is -0.166. The van der Waals surface area contributed by atoms with Gasteiger partial charge >= 0.3 is 0 Å². The van der Waals surface area contributed by atoms with Crippen LogP contribution in [0.4, 0.5) is 4.39 Å². The molecule has 128 valence electrons. The lowest BCUT2D eigenvalue weighted by Crippen LogP contribution is -2.39. The molecule has 0 aliphatic rings. The molecule has 0 bridgehead atoms. The van der Waals surface area contributed by atoms with Crippen LogP contribution in [0.2, 0.25) is 0 Å². The molecule has 0 amide bonds. The average molecular weight is 329 g/mol. The Morgan fingerprint density at radius 2 is 1.79 bits per heavy atom. The predicted octanol–water partition coefficient (Wildman–Crippen LogP) is 2.78. The molecule has 2 rings (SSSR count). The highest BCUT2D eigenvalue weighted by atomic mass is 19.1. The highest BCUT2D eigenvalue weighted by Gasteiger charge is 2.02. The number of benzene rings is 2. The first-order valence-corrected chi connectivity index (χ1v) is 8.04. The first kappa shape index (κ1) is 17.8. The number of methoxy groups -OCH3 is 1. The molecule has 0 fully saturated rings. The summed E-state index contributed by atoms with van der Waals surface area (Å²) >= 11 is 0. The zero-order valence-electron chi connectivity index (χ0n) is 14.2. The lowest BCUT2D eigenvalue weighted by Gasteiger charge is -2.12. The molecule has 2 aromatic carbocycles. The van der Waals surface area contributed by atoms with Crippen LogP contribution >= 0.6 is 0 Å². The van der Waals surface area contributed by atoms with Crippen LogP contribution in [0.15, 0.2) is 53.5 Å². The Balaban J connectivity index is 1.73. The van der Waals surface area contributed by atoms with E-state index in [2.05, 4.69) is 21.7 Å². The molecular weight excluding hydrogens is 305 g/mol. The third kappa shape index (κ3) is 5.57. The van der Waals surface area contributed by atoms with Crippen molar-refractivity contribution < 1.29 is 9.13 Å². The molecule has 0 saturated carbocycles. The molecule has 0 heterocycles. The van der Waals surface area contributed by atoms with Crippen LogP contribution in [0.5, 0.6) is 5.75 Å². The fraction of sp³-hybridized carbons (Fsp3) is 0.316. The third-order valence-corrected chi connectivity index (χ3v) is 3.71. The van der Waals surface area contributed by atoms with Crippen LogP contribution in [0.3, 0.4) is 0 Å². The highest BCUT2D eigenvalue weighted by molar-refractivity contribution is 5.79. The SMILES string of the molecule is CN=C(NCCc1cccc(OC)c1)NCCc1ccccc1F. The van der Waals surface area contributed by atoms with Gasteiger partial charge in [0.15, 0.2) is 5.96 Å². The minimum absolute atomic E-state index is 0.166. The summed E-state index contributed by atoms with van der Waals surface area (Å²) in [5.74, 6) is 1.41. The maximum absolute atomic E-state index is 13.6. The van der Waals surface area contributed by atoms with Crippen LogP contribution in [0.25, 0.3) is 0 Å². The normalized spacial score (nSPS) is 11.2. The van der Waals surface area contributed by atoms with Gasteiger partial charge in [-0.15, -0.1) is 0 Å². The number of nitrogens with one attached hydrogen (secondary N) is 2. The second-order valence-corrected chi connectivity index (χ2v) is 5.37. The predicted molar refractivity (Wildman–Crippen MR) is 96.2 cm³/mol. The molecule has 0 aliphatic heterocycles. The van der Waals surface area contributed by atoms with E-state index in [1.54, 1.807) is 26.3 Å². The Morgan fingerprint density at radius 3 is 2.50 bits per heavy atom. The Bertz CT molecular complexity index is 673. The molecular formula is C19H24FN3O. The molecule has 0 saturated heterocycles. The Kier molecular flexibility index (Phi) is 7.08. The van der Waals surface area contributed by atoms with E-state index in [-0.39, 0.29) is 5.82 Å². The molecule has 2 aromatic rings.